The zero-order chi connectivity index (χ0) is 17.9. The highest BCUT2D eigenvalue weighted by molar-refractivity contribution is 6.30. The Morgan fingerprint density at radius 1 is 1.12 bits per heavy atom. The molecule has 4 rings (SSSR count). The molecule has 2 aromatic rings. The minimum absolute atomic E-state index is 0.0170. The van der Waals surface area contributed by atoms with Crippen molar-refractivity contribution in [3.8, 4) is 5.75 Å². The van der Waals surface area contributed by atoms with Crippen molar-refractivity contribution < 1.29 is 9.53 Å². The summed E-state index contributed by atoms with van der Waals surface area (Å²) in [5, 5.41) is 4.15. The van der Waals surface area contributed by atoms with E-state index in [2.05, 4.69) is 16.3 Å². The van der Waals surface area contributed by atoms with Gasteiger partial charge in [0.1, 0.15) is 12.4 Å². The van der Waals surface area contributed by atoms with Crippen LogP contribution in [-0.2, 0) is 4.79 Å². The maximum atomic E-state index is 12.7. The van der Waals surface area contributed by atoms with E-state index in [9.17, 15) is 4.79 Å². The van der Waals surface area contributed by atoms with E-state index >= 15 is 0 Å². The van der Waals surface area contributed by atoms with Gasteiger partial charge in [0, 0.05) is 36.9 Å². The number of rotatable bonds is 3. The van der Waals surface area contributed by atoms with Crippen molar-refractivity contribution in [1.82, 2.24) is 4.90 Å². The van der Waals surface area contributed by atoms with Crippen LogP contribution in [-0.4, -0.2) is 49.6 Å². The summed E-state index contributed by atoms with van der Waals surface area (Å²) in [4.78, 5) is 16.9. The molecule has 6 heteroatoms. The molecule has 0 aliphatic carbocycles. The summed E-state index contributed by atoms with van der Waals surface area (Å²) < 4.78 is 5.76. The summed E-state index contributed by atoms with van der Waals surface area (Å²) in [5.41, 5.74) is 2.07. The maximum absolute atomic E-state index is 12.7. The second-order valence-electron chi connectivity index (χ2n) is 6.70. The minimum Gasteiger partial charge on any atom is -0.489 e. The molecule has 2 aliphatic rings. The zero-order valence-electron chi connectivity index (χ0n) is 14.5. The van der Waals surface area contributed by atoms with E-state index < -0.39 is 0 Å². The predicted octanol–water partition coefficient (Wildman–Crippen LogP) is 3.25. The largest absolute Gasteiger partial charge is 0.489 e. The van der Waals surface area contributed by atoms with Crippen LogP contribution in [0.5, 0.6) is 5.75 Å². The smallest absolute Gasteiger partial charge is 0.224 e. The normalized spacial score (nSPS) is 19.3. The van der Waals surface area contributed by atoms with E-state index in [4.69, 9.17) is 16.3 Å². The van der Waals surface area contributed by atoms with Crippen molar-refractivity contribution >= 4 is 28.9 Å². The van der Waals surface area contributed by atoms with E-state index in [-0.39, 0.29) is 11.9 Å². The Bertz CT molecular complexity index is 790. The lowest BCUT2D eigenvalue weighted by atomic mass is 10.1. The van der Waals surface area contributed by atoms with Gasteiger partial charge in [0.2, 0.25) is 5.91 Å². The van der Waals surface area contributed by atoms with E-state index in [1.807, 2.05) is 47.4 Å². The third kappa shape index (κ3) is 3.73. The van der Waals surface area contributed by atoms with Crippen molar-refractivity contribution in [2.24, 2.45) is 0 Å². The molecular formula is C20H22ClN3O2. The van der Waals surface area contributed by atoms with Crippen LogP contribution in [0.1, 0.15) is 6.42 Å². The van der Waals surface area contributed by atoms with E-state index in [1.165, 1.54) is 0 Å². The van der Waals surface area contributed by atoms with Crippen LogP contribution in [0.25, 0.3) is 0 Å². The number of carbonyl (C=O) groups excluding carboxylic acids is 1. The lowest BCUT2D eigenvalue weighted by Crippen LogP contribution is -2.50. The number of hydrogen-bond acceptors (Lipinski definition) is 4. The standard InChI is InChI=1S/C20H22ClN3O2/c21-15-4-3-5-17(12-15)23-8-10-24(11-9-23)20(25)13-16-14-26-19-7-2-1-6-18(19)22-16/h1-7,12,16,22H,8-11,13-14H2/t16-/m1/s1. The summed E-state index contributed by atoms with van der Waals surface area (Å²) in [7, 11) is 0. The Morgan fingerprint density at radius 2 is 1.92 bits per heavy atom. The number of piperazine rings is 1. The van der Waals surface area contributed by atoms with Gasteiger partial charge in [-0.1, -0.05) is 29.8 Å². The van der Waals surface area contributed by atoms with Crippen molar-refractivity contribution in [3.63, 3.8) is 0 Å². The fraction of sp³-hybridized carbons (Fsp3) is 0.350. The van der Waals surface area contributed by atoms with Crippen LogP contribution in [0.3, 0.4) is 0 Å². The lowest BCUT2D eigenvalue weighted by molar-refractivity contribution is -0.131. The Hall–Kier alpha value is -2.40. The monoisotopic (exact) mass is 371 g/mol. The predicted molar refractivity (Wildman–Crippen MR) is 104 cm³/mol. The quantitative estimate of drug-likeness (QED) is 0.899. The van der Waals surface area contributed by atoms with Crippen LogP contribution in [0, 0.1) is 0 Å². The molecule has 0 bridgehead atoms. The van der Waals surface area contributed by atoms with Crippen molar-refractivity contribution in [2.75, 3.05) is 43.0 Å². The first kappa shape index (κ1) is 17.0. The number of fused-ring (bicyclic) bond motifs is 1. The SMILES string of the molecule is O=C(C[C@@H]1COc2ccccc2N1)N1CCN(c2cccc(Cl)c2)CC1. The molecule has 5 nitrogen and oxygen atoms in total. The average Bonchev–Trinajstić information content (AvgIpc) is 2.68. The molecule has 2 heterocycles. The number of halogens is 1. The lowest BCUT2D eigenvalue weighted by Gasteiger charge is -2.37. The summed E-state index contributed by atoms with van der Waals surface area (Å²) in [6, 6.07) is 15.7. The molecular weight excluding hydrogens is 350 g/mol. The molecule has 0 unspecified atom stereocenters. The Kier molecular flexibility index (Phi) is 4.89. The van der Waals surface area contributed by atoms with Crippen LogP contribution >= 0.6 is 11.6 Å². The first-order valence-corrected chi connectivity index (χ1v) is 9.33. The van der Waals surface area contributed by atoms with Gasteiger partial charge in [-0.25, -0.2) is 0 Å². The van der Waals surface area contributed by atoms with Gasteiger partial charge in [0.25, 0.3) is 0 Å². The fourth-order valence-electron chi connectivity index (χ4n) is 3.50. The summed E-state index contributed by atoms with van der Waals surface area (Å²) in [6.45, 7) is 3.63. The van der Waals surface area contributed by atoms with Gasteiger partial charge < -0.3 is 19.9 Å². The van der Waals surface area contributed by atoms with E-state index in [1.54, 1.807) is 0 Å². The first-order chi connectivity index (χ1) is 12.7. The number of benzene rings is 2. The number of nitrogens with one attached hydrogen (secondary N) is 1. The van der Waals surface area contributed by atoms with Gasteiger partial charge in [-0.3, -0.25) is 4.79 Å². The molecule has 1 fully saturated rings. The summed E-state index contributed by atoms with van der Waals surface area (Å²) in [5.74, 6) is 1.03. The van der Waals surface area contributed by atoms with Gasteiger partial charge in [0.05, 0.1) is 18.2 Å². The molecule has 0 spiro atoms. The number of anilines is 2. The number of hydrogen-bond donors (Lipinski definition) is 1. The molecule has 0 saturated carbocycles. The molecule has 0 radical (unpaired) electrons. The molecule has 1 atom stereocenters. The third-order valence-electron chi connectivity index (χ3n) is 4.91. The second-order valence-corrected chi connectivity index (χ2v) is 7.14. The molecule has 1 saturated heterocycles. The van der Waals surface area contributed by atoms with Gasteiger partial charge in [-0.05, 0) is 30.3 Å². The van der Waals surface area contributed by atoms with Crippen LogP contribution < -0.4 is 15.0 Å². The minimum atomic E-state index is 0.0170. The average molecular weight is 372 g/mol. The maximum Gasteiger partial charge on any atom is 0.224 e. The highest BCUT2D eigenvalue weighted by atomic mass is 35.5. The number of nitrogens with zero attached hydrogens (tertiary/aromatic N) is 2. The van der Waals surface area contributed by atoms with Gasteiger partial charge >= 0.3 is 0 Å². The molecule has 1 amide bonds. The van der Waals surface area contributed by atoms with Crippen molar-refractivity contribution in [2.45, 2.75) is 12.5 Å². The summed E-state index contributed by atoms with van der Waals surface area (Å²) >= 11 is 6.08. The van der Waals surface area contributed by atoms with Gasteiger partial charge in [-0.15, -0.1) is 0 Å². The molecule has 26 heavy (non-hydrogen) atoms. The highest BCUT2D eigenvalue weighted by Crippen LogP contribution is 2.29. The number of ether oxygens (including phenoxy) is 1. The molecule has 2 aromatic carbocycles. The molecule has 0 aromatic heterocycles. The third-order valence-corrected chi connectivity index (χ3v) is 5.15. The van der Waals surface area contributed by atoms with Crippen LogP contribution in [0.15, 0.2) is 48.5 Å². The Balaban J connectivity index is 1.30. The van der Waals surface area contributed by atoms with Crippen molar-refractivity contribution in [3.05, 3.63) is 53.6 Å². The first-order valence-electron chi connectivity index (χ1n) is 8.96. The van der Waals surface area contributed by atoms with Gasteiger partial charge in [0.15, 0.2) is 0 Å². The Labute approximate surface area is 158 Å². The van der Waals surface area contributed by atoms with Crippen molar-refractivity contribution in [1.29, 1.82) is 0 Å². The number of para-hydroxylation sites is 2. The zero-order valence-corrected chi connectivity index (χ0v) is 15.3. The highest BCUT2D eigenvalue weighted by Gasteiger charge is 2.26. The molecule has 2 aliphatic heterocycles. The second kappa shape index (κ2) is 7.46. The van der Waals surface area contributed by atoms with E-state index in [0.29, 0.717) is 13.0 Å². The molecule has 136 valence electrons. The van der Waals surface area contributed by atoms with Crippen LogP contribution in [0.2, 0.25) is 5.02 Å². The van der Waals surface area contributed by atoms with Gasteiger partial charge in [-0.2, -0.15) is 0 Å². The number of carbonyl (C=O) groups is 1. The topological polar surface area (TPSA) is 44.8 Å². The Morgan fingerprint density at radius 3 is 2.73 bits per heavy atom. The fourth-order valence-corrected chi connectivity index (χ4v) is 3.68. The molecule has 1 N–H and O–H groups in total. The number of amides is 1. The van der Waals surface area contributed by atoms with E-state index in [0.717, 1.165) is 48.3 Å². The van der Waals surface area contributed by atoms with Crippen LogP contribution in [0.4, 0.5) is 11.4 Å². The summed E-state index contributed by atoms with van der Waals surface area (Å²) in [6.07, 6.45) is 0.450.